The fraction of sp³-hybridized carbons (Fsp3) is 0.130. The molecule has 0 radical (unpaired) electrons. The molecule has 31 heavy (non-hydrogen) atoms. The maximum Gasteiger partial charge on any atom is 0.337 e. The smallest absolute Gasteiger partial charge is 0.337 e. The van der Waals surface area contributed by atoms with Gasteiger partial charge in [-0.2, -0.15) is 0 Å². The van der Waals surface area contributed by atoms with E-state index in [2.05, 4.69) is 0 Å². The summed E-state index contributed by atoms with van der Waals surface area (Å²) in [5.41, 5.74) is -0.0348. The van der Waals surface area contributed by atoms with E-state index in [1.54, 1.807) is 31.2 Å². The van der Waals surface area contributed by atoms with Crippen LogP contribution in [0.25, 0.3) is 20.5 Å². The summed E-state index contributed by atoms with van der Waals surface area (Å²) in [6, 6.07) is 9.74. The zero-order valence-corrected chi connectivity index (χ0v) is 18.1. The number of aryl methyl sites for hydroxylation is 2. The predicted molar refractivity (Wildman–Crippen MR) is 118 cm³/mol. The maximum atomic E-state index is 14.6. The van der Waals surface area contributed by atoms with Gasteiger partial charge in [0.15, 0.2) is 17.4 Å². The standard InChI is InChI=1S/C23H16F2O4S2/c1-10-7-8-13(19(25)18(10)24)21-17(23(28)29)14(11(2)30-21)9-15(26)22-20(27)12-5-3-4-6-16(12)31-22/h3-8,27H,9H2,1-2H3,(H,28,29). The molecular formula is C23H16F2O4S2. The van der Waals surface area contributed by atoms with E-state index < -0.39 is 23.4 Å². The van der Waals surface area contributed by atoms with Crippen LogP contribution in [0.15, 0.2) is 36.4 Å². The van der Waals surface area contributed by atoms with Crippen molar-refractivity contribution in [1.29, 1.82) is 0 Å². The number of carbonyl (C=O) groups excluding carboxylic acids is 1. The van der Waals surface area contributed by atoms with Crippen molar-refractivity contribution in [3.05, 3.63) is 74.5 Å². The van der Waals surface area contributed by atoms with Crippen molar-refractivity contribution in [2.45, 2.75) is 20.3 Å². The lowest BCUT2D eigenvalue weighted by Gasteiger charge is -2.07. The molecule has 0 aliphatic heterocycles. The Labute approximate surface area is 184 Å². The molecule has 2 aromatic carbocycles. The number of aromatic hydroxyl groups is 1. The van der Waals surface area contributed by atoms with Crippen molar-refractivity contribution in [3.63, 3.8) is 0 Å². The van der Waals surface area contributed by atoms with Gasteiger partial charge in [-0.15, -0.1) is 22.7 Å². The van der Waals surface area contributed by atoms with E-state index in [1.807, 2.05) is 0 Å². The summed E-state index contributed by atoms with van der Waals surface area (Å²) >= 11 is 2.13. The predicted octanol–water partition coefficient (Wildman–Crippen LogP) is 6.35. The third kappa shape index (κ3) is 3.51. The number of fused-ring (bicyclic) bond motifs is 1. The second-order valence-corrected chi connectivity index (χ2v) is 9.36. The van der Waals surface area contributed by atoms with Crippen LogP contribution in [0.5, 0.6) is 5.75 Å². The highest BCUT2D eigenvalue weighted by atomic mass is 32.1. The van der Waals surface area contributed by atoms with E-state index in [4.69, 9.17) is 0 Å². The van der Waals surface area contributed by atoms with Gasteiger partial charge in [0.2, 0.25) is 0 Å². The molecule has 8 heteroatoms. The Bertz CT molecular complexity index is 1370. The zero-order valence-electron chi connectivity index (χ0n) is 16.5. The van der Waals surface area contributed by atoms with Crippen LogP contribution >= 0.6 is 22.7 Å². The minimum Gasteiger partial charge on any atom is -0.506 e. The normalized spacial score (nSPS) is 11.2. The number of thiophene rings is 2. The summed E-state index contributed by atoms with van der Waals surface area (Å²) in [4.78, 5) is 25.7. The molecule has 158 valence electrons. The number of halogens is 2. The lowest BCUT2D eigenvalue weighted by atomic mass is 9.98. The van der Waals surface area contributed by atoms with Gasteiger partial charge in [-0.3, -0.25) is 4.79 Å². The number of benzene rings is 2. The SMILES string of the molecule is Cc1ccc(-c2sc(C)c(CC(=O)c3sc4ccccc4c3O)c2C(=O)O)c(F)c1F. The molecule has 0 saturated carbocycles. The Morgan fingerprint density at radius 1 is 1.00 bits per heavy atom. The van der Waals surface area contributed by atoms with Crippen molar-refractivity contribution in [2.24, 2.45) is 0 Å². The number of aromatic carboxylic acids is 1. The highest BCUT2D eigenvalue weighted by Crippen LogP contribution is 2.41. The van der Waals surface area contributed by atoms with Gasteiger partial charge in [0.05, 0.1) is 10.4 Å². The molecule has 0 aliphatic rings. The van der Waals surface area contributed by atoms with E-state index in [0.717, 1.165) is 27.4 Å². The van der Waals surface area contributed by atoms with Crippen LogP contribution in [-0.2, 0) is 6.42 Å². The van der Waals surface area contributed by atoms with Crippen molar-refractivity contribution in [2.75, 3.05) is 0 Å². The summed E-state index contributed by atoms with van der Waals surface area (Å²) < 4.78 is 29.4. The molecule has 0 bridgehead atoms. The first-order chi connectivity index (χ1) is 14.7. The van der Waals surface area contributed by atoms with Gasteiger partial charge < -0.3 is 10.2 Å². The Morgan fingerprint density at radius 2 is 1.71 bits per heavy atom. The number of rotatable bonds is 5. The fourth-order valence-corrected chi connectivity index (χ4v) is 5.71. The first-order valence-electron chi connectivity index (χ1n) is 9.25. The summed E-state index contributed by atoms with van der Waals surface area (Å²) in [5.74, 6) is -4.06. The molecule has 4 rings (SSSR count). The molecule has 2 N–H and O–H groups in total. The Balaban J connectivity index is 1.81. The van der Waals surface area contributed by atoms with Crippen LogP contribution in [0.4, 0.5) is 8.78 Å². The molecule has 0 unspecified atom stereocenters. The molecule has 0 atom stereocenters. The van der Waals surface area contributed by atoms with Crippen LogP contribution in [0, 0.1) is 25.5 Å². The molecule has 2 aromatic heterocycles. The lowest BCUT2D eigenvalue weighted by Crippen LogP contribution is -2.08. The van der Waals surface area contributed by atoms with Crippen LogP contribution < -0.4 is 0 Å². The molecule has 0 aliphatic carbocycles. The van der Waals surface area contributed by atoms with Crippen molar-refractivity contribution in [1.82, 2.24) is 0 Å². The molecule has 4 nitrogen and oxygen atoms in total. The van der Waals surface area contributed by atoms with Gasteiger partial charge in [-0.25, -0.2) is 13.6 Å². The topological polar surface area (TPSA) is 74.6 Å². The molecule has 0 fully saturated rings. The van der Waals surface area contributed by atoms with Gasteiger partial charge in [0, 0.05) is 26.9 Å². The molecule has 2 heterocycles. The summed E-state index contributed by atoms with van der Waals surface area (Å²) in [6.07, 6.45) is -0.277. The van der Waals surface area contributed by atoms with Crippen LogP contribution in [0.3, 0.4) is 0 Å². The average Bonchev–Trinajstić information content (AvgIpc) is 3.24. The maximum absolute atomic E-state index is 14.6. The van der Waals surface area contributed by atoms with E-state index >= 15 is 0 Å². The largest absolute Gasteiger partial charge is 0.506 e. The third-order valence-electron chi connectivity index (χ3n) is 5.10. The number of carboxylic acids is 1. The highest BCUT2D eigenvalue weighted by molar-refractivity contribution is 7.21. The van der Waals surface area contributed by atoms with E-state index in [-0.39, 0.29) is 44.2 Å². The Morgan fingerprint density at radius 3 is 2.39 bits per heavy atom. The van der Waals surface area contributed by atoms with Gasteiger partial charge in [0.1, 0.15) is 10.6 Å². The molecule has 0 spiro atoms. The van der Waals surface area contributed by atoms with E-state index in [0.29, 0.717) is 10.3 Å². The zero-order chi connectivity index (χ0) is 22.4. The van der Waals surface area contributed by atoms with Crippen LogP contribution in [0.2, 0.25) is 0 Å². The quantitative estimate of drug-likeness (QED) is 0.342. The highest BCUT2D eigenvalue weighted by Gasteiger charge is 2.28. The van der Waals surface area contributed by atoms with Crippen molar-refractivity contribution >= 4 is 44.5 Å². The van der Waals surface area contributed by atoms with Crippen LogP contribution in [-0.4, -0.2) is 22.0 Å². The number of hydrogen-bond donors (Lipinski definition) is 2. The van der Waals surface area contributed by atoms with Gasteiger partial charge in [-0.1, -0.05) is 24.3 Å². The first kappa shape index (κ1) is 21.1. The lowest BCUT2D eigenvalue weighted by molar-refractivity contribution is 0.0697. The van der Waals surface area contributed by atoms with Crippen LogP contribution in [0.1, 0.15) is 36.0 Å². The van der Waals surface area contributed by atoms with Gasteiger partial charge >= 0.3 is 5.97 Å². The molecule has 0 amide bonds. The summed E-state index contributed by atoms with van der Waals surface area (Å²) in [5, 5.41) is 20.8. The second-order valence-electron chi connectivity index (χ2n) is 7.08. The molecule has 0 saturated heterocycles. The first-order valence-corrected chi connectivity index (χ1v) is 10.9. The fourth-order valence-electron chi connectivity index (χ4n) is 3.49. The minimum absolute atomic E-state index is 0.0600. The van der Waals surface area contributed by atoms with Gasteiger partial charge in [-0.05, 0) is 37.1 Å². The third-order valence-corrected chi connectivity index (χ3v) is 7.48. The van der Waals surface area contributed by atoms with Crippen molar-refractivity contribution in [3.8, 4) is 16.2 Å². The second kappa shape index (κ2) is 7.86. The number of carboxylic acid groups (broad SMARTS) is 1. The van der Waals surface area contributed by atoms with Gasteiger partial charge in [0.25, 0.3) is 0 Å². The number of ketones is 1. The number of carbonyl (C=O) groups is 2. The number of Topliss-reactive ketones (excluding diaryl/α,β-unsaturated/α-hetero) is 1. The van der Waals surface area contributed by atoms with Crippen molar-refractivity contribution < 1.29 is 28.6 Å². The molecule has 4 aromatic rings. The average molecular weight is 459 g/mol. The summed E-state index contributed by atoms with van der Waals surface area (Å²) in [7, 11) is 0. The Hall–Kier alpha value is -3.10. The number of hydrogen-bond acceptors (Lipinski definition) is 5. The minimum atomic E-state index is -1.33. The molecular weight excluding hydrogens is 442 g/mol. The monoisotopic (exact) mass is 458 g/mol. The van der Waals surface area contributed by atoms with E-state index in [9.17, 15) is 28.6 Å². The Kier molecular flexibility index (Phi) is 5.36. The van der Waals surface area contributed by atoms with E-state index in [1.165, 1.54) is 19.1 Å². The summed E-state index contributed by atoms with van der Waals surface area (Å²) in [6.45, 7) is 3.05.